The van der Waals surface area contributed by atoms with Crippen LogP contribution in [0.25, 0.3) is 5.57 Å². The normalized spacial score (nSPS) is 21.9. The zero-order valence-corrected chi connectivity index (χ0v) is 10.8. The highest BCUT2D eigenvalue weighted by Crippen LogP contribution is 2.36. The van der Waals surface area contributed by atoms with Crippen molar-refractivity contribution in [1.82, 2.24) is 4.90 Å². The molecule has 1 fully saturated rings. The average Bonchev–Trinajstić information content (AvgIpc) is 2.87. The van der Waals surface area contributed by atoms with Crippen LogP contribution in [-0.2, 0) is 9.84 Å². The number of aromatic hydroxyl groups is 1. The molecular formula is C13H15NO3S. The Bertz CT molecular complexity index is 613. The van der Waals surface area contributed by atoms with Crippen molar-refractivity contribution in [2.24, 2.45) is 0 Å². The van der Waals surface area contributed by atoms with Crippen molar-refractivity contribution in [2.75, 3.05) is 19.6 Å². The molecule has 0 aliphatic carbocycles. The average molecular weight is 265 g/mol. The van der Waals surface area contributed by atoms with Gasteiger partial charge in [-0.25, -0.2) is 8.42 Å². The maximum Gasteiger partial charge on any atom is 0.200 e. The lowest BCUT2D eigenvalue weighted by Gasteiger charge is -2.15. The van der Waals surface area contributed by atoms with E-state index in [1.54, 1.807) is 6.07 Å². The van der Waals surface area contributed by atoms with Gasteiger partial charge >= 0.3 is 0 Å². The van der Waals surface area contributed by atoms with Crippen LogP contribution in [0, 0.1) is 0 Å². The first kappa shape index (κ1) is 11.7. The van der Waals surface area contributed by atoms with Crippen molar-refractivity contribution < 1.29 is 13.5 Å². The standard InChI is InChI=1S/C13H15NO3S/c15-11-3-4-13-12(7-11)10(9-18(13,16)17)8-14-5-1-2-6-14/h3-4,7,9,15H,1-2,5-6,8H2. The lowest BCUT2D eigenvalue weighted by Crippen LogP contribution is -2.21. The molecule has 0 atom stereocenters. The molecule has 1 aromatic carbocycles. The molecule has 0 amide bonds. The molecule has 0 unspecified atom stereocenters. The van der Waals surface area contributed by atoms with Crippen LogP contribution in [-0.4, -0.2) is 38.1 Å². The van der Waals surface area contributed by atoms with Crippen molar-refractivity contribution in [3.63, 3.8) is 0 Å². The molecule has 0 saturated carbocycles. The number of phenolic OH excluding ortho intramolecular Hbond substituents is 1. The van der Waals surface area contributed by atoms with Gasteiger partial charge in [0.15, 0.2) is 0 Å². The Labute approximate surface area is 106 Å². The topological polar surface area (TPSA) is 57.6 Å². The summed E-state index contributed by atoms with van der Waals surface area (Å²) in [6.07, 6.45) is 2.35. The van der Waals surface area contributed by atoms with Gasteiger partial charge in [-0.15, -0.1) is 0 Å². The van der Waals surface area contributed by atoms with Gasteiger partial charge < -0.3 is 5.11 Å². The van der Waals surface area contributed by atoms with E-state index in [0.29, 0.717) is 17.0 Å². The Morgan fingerprint density at radius 2 is 1.94 bits per heavy atom. The van der Waals surface area contributed by atoms with Gasteiger partial charge in [-0.2, -0.15) is 0 Å². The Balaban J connectivity index is 1.99. The molecule has 5 heteroatoms. The number of hydrogen-bond acceptors (Lipinski definition) is 4. The van der Waals surface area contributed by atoms with Crippen molar-refractivity contribution >= 4 is 15.4 Å². The summed E-state index contributed by atoms with van der Waals surface area (Å²) in [7, 11) is -3.31. The summed E-state index contributed by atoms with van der Waals surface area (Å²) >= 11 is 0. The molecule has 96 valence electrons. The molecule has 0 spiro atoms. The molecule has 18 heavy (non-hydrogen) atoms. The van der Waals surface area contributed by atoms with Gasteiger partial charge in [-0.05, 0) is 49.7 Å². The largest absolute Gasteiger partial charge is 0.508 e. The van der Waals surface area contributed by atoms with Gasteiger partial charge in [0.1, 0.15) is 5.75 Å². The summed E-state index contributed by atoms with van der Waals surface area (Å²) in [5.74, 6) is 0.109. The van der Waals surface area contributed by atoms with Gasteiger partial charge in [0.25, 0.3) is 0 Å². The lowest BCUT2D eigenvalue weighted by molar-refractivity contribution is 0.383. The summed E-state index contributed by atoms with van der Waals surface area (Å²) in [6.45, 7) is 2.69. The van der Waals surface area contributed by atoms with Gasteiger partial charge in [0.2, 0.25) is 9.84 Å². The lowest BCUT2D eigenvalue weighted by atomic mass is 10.1. The molecule has 0 bridgehead atoms. The van der Waals surface area contributed by atoms with Gasteiger partial charge in [0, 0.05) is 17.5 Å². The molecule has 2 heterocycles. The molecule has 2 aliphatic heterocycles. The van der Waals surface area contributed by atoms with Crippen LogP contribution in [0.5, 0.6) is 5.75 Å². The summed E-state index contributed by atoms with van der Waals surface area (Å²) in [6, 6.07) is 4.44. The van der Waals surface area contributed by atoms with Gasteiger partial charge in [-0.1, -0.05) is 0 Å². The molecule has 2 aliphatic rings. The fourth-order valence-corrected chi connectivity index (χ4v) is 4.09. The van der Waals surface area contributed by atoms with E-state index in [-0.39, 0.29) is 5.75 Å². The summed E-state index contributed by atoms with van der Waals surface area (Å²) in [5.41, 5.74) is 1.45. The fraction of sp³-hybridized carbons (Fsp3) is 0.385. The van der Waals surface area contributed by atoms with Crippen LogP contribution >= 0.6 is 0 Å². The van der Waals surface area contributed by atoms with E-state index < -0.39 is 9.84 Å². The number of likely N-dealkylation sites (tertiary alicyclic amines) is 1. The van der Waals surface area contributed by atoms with E-state index in [4.69, 9.17) is 0 Å². The van der Waals surface area contributed by atoms with Crippen LogP contribution < -0.4 is 0 Å². The molecule has 0 aromatic heterocycles. The predicted octanol–water partition coefficient (Wildman–Crippen LogP) is 1.62. The predicted molar refractivity (Wildman–Crippen MR) is 68.9 cm³/mol. The first-order valence-electron chi connectivity index (χ1n) is 6.08. The zero-order chi connectivity index (χ0) is 12.8. The first-order chi connectivity index (χ1) is 8.56. The van der Waals surface area contributed by atoms with Crippen LogP contribution in [0.3, 0.4) is 0 Å². The van der Waals surface area contributed by atoms with Crippen LogP contribution in [0.4, 0.5) is 0 Å². The maximum atomic E-state index is 12.0. The quantitative estimate of drug-likeness (QED) is 0.882. The monoisotopic (exact) mass is 265 g/mol. The number of fused-ring (bicyclic) bond motifs is 1. The second-order valence-corrected chi connectivity index (χ2v) is 6.62. The van der Waals surface area contributed by atoms with Crippen molar-refractivity contribution in [2.45, 2.75) is 17.7 Å². The SMILES string of the molecule is O=S1(=O)C=C(CN2CCCC2)c2cc(O)ccc21. The van der Waals surface area contributed by atoms with E-state index in [0.717, 1.165) is 18.7 Å². The van der Waals surface area contributed by atoms with E-state index in [9.17, 15) is 13.5 Å². The third-order valence-electron chi connectivity index (χ3n) is 3.51. The maximum absolute atomic E-state index is 12.0. The Kier molecular flexibility index (Phi) is 2.68. The van der Waals surface area contributed by atoms with Gasteiger partial charge in [-0.3, -0.25) is 4.90 Å². The third-order valence-corrected chi connectivity index (χ3v) is 5.07. The first-order valence-corrected chi connectivity index (χ1v) is 7.62. The smallest absolute Gasteiger partial charge is 0.200 e. The minimum Gasteiger partial charge on any atom is -0.508 e. The van der Waals surface area contributed by atoms with E-state index in [1.165, 1.54) is 30.4 Å². The Hall–Kier alpha value is -1.33. The molecule has 0 radical (unpaired) electrons. The highest BCUT2D eigenvalue weighted by atomic mass is 32.2. The number of hydrogen-bond donors (Lipinski definition) is 1. The second-order valence-electron chi connectivity index (χ2n) is 4.85. The number of nitrogens with zero attached hydrogens (tertiary/aromatic N) is 1. The van der Waals surface area contributed by atoms with Crippen LogP contribution in [0.1, 0.15) is 18.4 Å². The highest BCUT2D eigenvalue weighted by molar-refractivity contribution is 7.95. The molecule has 4 nitrogen and oxygen atoms in total. The minimum atomic E-state index is -3.31. The highest BCUT2D eigenvalue weighted by Gasteiger charge is 2.28. The molecule has 1 N–H and O–H groups in total. The molecule has 1 aromatic rings. The van der Waals surface area contributed by atoms with E-state index >= 15 is 0 Å². The van der Waals surface area contributed by atoms with Crippen molar-refractivity contribution in [3.05, 3.63) is 29.2 Å². The summed E-state index contributed by atoms with van der Waals surface area (Å²) in [4.78, 5) is 2.56. The number of phenols is 1. The Morgan fingerprint density at radius 3 is 2.67 bits per heavy atom. The van der Waals surface area contributed by atoms with Gasteiger partial charge in [0.05, 0.1) is 4.90 Å². The number of benzene rings is 1. The zero-order valence-electron chi connectivity index (χ0n) is 9.96. The van der Waals surface area contributed by atoms with Crippen molar-refractivity contribution in [3.8, 4) is 5.75 Å². The van der Waals surface area contributed by atoms with Crippen LogP contribution in [0.2, 0.25) is 0 Å². The van der Waals surface area contributed by atoms with Crippen LogP contribution in [0.15, 0.2) is 28.5 Å². The van der Waals surface area contributed by atoms with Crippen molar-refractivity contribution in [1.29, 1.82) is 0 Å². The summed E-state index contributed by atoms with van der Waals surface area (Å²) < 4.78 is 23.9. The molecular weight excluding hydrogens is 250 g/mol. The Morgan fingerprint density at radius 1 is 1.22 bits per heavy atom. The molecule has 3 rings (SSSR count). The molecule has 1 saturated heterocycles. The third kappa shape index (κ3) is 1.93. The number of rotatable bonds is 2. The number of sulfone groups is 1. The summed E-state index contributed by atoms with van der Waals surface area (Å²) in [5, 5.41) is 10.9. The second kappa shape index (κ2) is 4.10. The van der Waals surface area contributed by atoms with E-state index in [2.05, 4.69) is 4.90 Å². The minimum absolute atomic E-state index is 0.109. The van der Waals surface area contributed by atoms with E-state index in [1.807, 2.05) is 0 Å². The fourth-order valence-electron chi connectivity index (χ4n) is 2.64.